The molecule has 0 fully saturated rings. The van der Waals surface area contributed by atoms with E-state index in [2.05, 4.69) is 17.4 Å². The lowest BCUT2D eigenvalue weighted by Crippen LogP contribution is -2.14. The second-order valence-corrected chi connectivity index (χ2v) is 8.82. The Bertz CT molecular complexity index is 1510. The fourth-order valence-corrected chi connectivity index (χ4v) is 4.14. The van der Waals surface area contributed by atoms with Crippen LogP contribution < -0.4 is 14.8 Å². The number of nitrogens with one attached hydrogen (secondary N) is 1. The summed E-state index contributed by atoms with van der Waals surface area (Å²) >= 11 is 0. The molecule has 0 atom stereocenters. The molecule has 5 rings (SSSR count). The maximum atomic E-state index is 12.6. The van der Waals surface area contributed by atoms with Crippen molar-refractivity contribution >= 4 is 11.6 Å². The molecule has 5 aromatic rings. The predicted octanol–water partition coefficient (Wildman–Crippen LogP) is 7.71. The van der Waals surface area contributed by atoms with Gasteiger partial charge in [-0.15, -0.1) is 0 Å². The van der Waals surface area contributed by atoms with E-state index in [-0.39, 0.29) is 18.1 Å². The van der Waals surface area contributed by atoms with Crippen LogP contribution in [0, 0.1) is 0 Å². The highest BCUT2D eigenvalue weighted by Gasteiger charge is 2.10. The first-order valence-corrected chi connectivity index (χ1v) is 12.3. The summed E-state index contributed by atoms with van der Waals surface area (Å²) in [6.07, 6.45) is 0.202. The van der Waals surface area contributed by atoms with Crippen molar-refractivity contribution in [2.24, 2.45) is 0 Å². The van der Waals surface area contributed by atoms with Crippen LogP contribution in [0.3, 0.4) is 0 Å². The first kappa shape index (κ1) is 24.7. The van der Waals surface area contributed by atoms with Gasteiger partial charge in [0.15, 0.2) is 0 Å². The Labute approximate surface area is 221 Å². The van der Waals surface area contributed by atoms with E-state index >= 15 is 0 Å². The molecule has 1 amide bonds. The number of amides is 1. The fraction of sp³-hybridized carbons (Fsp3) is 0.0606. The average molecular weight is 502 g/mol. The van der Waals surface area contributed by atoms with Gasteiger partial charge in [0.25, 0.3) is 0 Å². The van der Waals surface area contributed by atoms with Gasteiger partial charge in [-0.2, -0.15) is 0 Å². The quantitative estimate of drug-likeness (QED) is 0.214. The van der Waals surface area contributed by atoms with Gasteiger partial charge in [-0.25, -0.2) is 0 Å². The minimum atomic E-state index is -0.212. The zero-order chi connectivity index (χ0) is 26.3. The second-order valence-electron chi connectivity index (χ2n) is 8.82. The van der Waals surface area contributed by atoms with Gasteiger partial charge in [-0.1, -0.05) is 78.9 Å². The van der Waals surface area contributed by atoms with Crippen LogP contribution >= 0.6 is 0 Å². The van der Waals surface area contributed by atoms with Crippen LogP contribution in [0.15, 0.2) is 121 Å². The monoisotopic (exact) mass is 501 g/mol. The summed E-state index contributed by atoms with van der Waals surface area (Å²) in [6.45, 7) is 0. The van der Waals surface area contributed by atoms with Crippen LogP contribution in [-0.2, 0) is 11.2 Å². The predicted molar refractivity (Wildman–Crippen MR) is 151 cm³/mol. The van der Waals surface area contributed by atoms with Gasteiger partial charge >= 0.3 is 0 Å². The van der Waals surface area contributed by atoms with Gasteiger partial charge in [0.1, 0.15) is 23.0 Å². The molecule has 0 unspecified atom stereocenters. The SMILES string of the molecule is COc1ccc(-c2ccc(Oc3ccc(NC(=O)Cc4ccc(-c5ccccc5)cc4)c(O)c3)cc2)cc1. The Morgan fingerprint density at radius 1 is 0.658 bits per heavy atom. The summed E-state index contributed by atoms with van der Waals surface area (Å²) < 4.78 is 11.1. The normalized spacial score (nSPS) is 10.6. The zero-order valence-corrected chi connectivity index (χ0v) is 20.9. The molecule has 5 nitrogen and oxygen atoms in total. The number of hydrogen-bond acceptors (Lipinski definition) is 4. The molecule has 0 aliphatic heterocycles. The lowest BCUT2D eigenvalue weighted by atomic mass is 10.0. The maximum absolute atomic E-state index is 12.6. The van der Waals surface area contributed by atoms with Crippen molar-refractivity contribution < 1.29 is 19.4 Å². The standard InChI is InChI=1S/C33H27NO4/c1-37-28-15-11-26(12-16-28)27-13-17-29(18-14-27)38-30-19-20-31(32(35)22-30)34-33(36)21-23-7-9-25(10-8-23)24-5-3-2-4-6-24/h2-20,22,35H,21H2,1H3,(H,34,36). The Morgan fingerprint density at radius 3 is 1.76 bits per heavy atom. The third-order valence-electron chi connectivity index (χ3n) is 6.18. The van der Waals surface area contributed by atoms with E-state index in [0.29, 0.717) is 17.2 Å². The number of rotatable bonds is 8. The molecule has 0 spiro atoms. The number of carbonyl (C=O) groups is 1. The van der Waals surface area contributed by atoms with E-state index < -0.39 is 0 Å². The van der Waals surface area contributed by atoms with E-state index in [1.54, 1.807) is 19.2 Å². The molecule has 5 aromatic carbocycles. The Hall–Kier alpha value is -5.03. The average Bonchev–Trinajstić information content (AvgIpc) is 2.96. The van der Waals surface area contributed by atoms with Gasteiger partial charge < -0.3 is 19.9 Å². The van der Waals surface area contributed by atoms with Crippen molar-refractivity contribution in [3.63, 3.8) is 0 Å². The summed E-state index contributed by atoms with van der Waals surface area (Å²) in [4.78, 5) is 12.6. The second kappa shape index (κ2) is 11.4. The number of ether oxygens (including phenoxy) is 2. The van der Waals surface area contributed by atoms with Crippen molar-refractivity contribution in [2.45, 2.75) is 6.42 Å². The number of benzene rings is 5. The lowest BCUT2D eigenvalue weighted by Gasteiger charge is -2.11. The molecule has 2 N–H and O–H groups in total. The summed E-state index contributed by atoms with van der Waals surface area (Å²) in [5.41, 5.74) is 5.57. The van der Waals surface area contributed by atoms with Crippen LogP contribution in [0.25, 0.3) is 22.3 Å². The van der Waals surface area contributed by atoms with Crippen molar-refractivity contribution in [3.05, 3.63) is 127 Å². The smallest absolute Gasteiger partial charge is 0.228 e. The summed E-state index contributed by atoms with van der Waals surface area (Å²) in [7, 11) is 1.64. The number of hydrogen-bond donors (Lipinski definition) is 2. The zero-order valence-electron chi connectivity index (χ0n) is 20.9. The molecule has 0 aromatic heterocycles. The van der Waals surface area contributed by atoms with Crippen molar-refractivity contribution in [2.75, 3.05) is 12.4 Å². The maximum Gasteiger partial charge on any atom is 0.228 e. The molecule has 0 saturated carbocycles. The molecule has 0 saturated heterocycles. The highest BCUT2D eigenvalue weighted by Crippen LogP contribution is 2.32. The van der Waals surface area contributed by atoms with Crippen LogP contribution in [0.2, 0.25) is 0 Å². The molecule has 38 heavy (non-hydrogen) atoms. The van der Waals surface area contributed by atoms with Gasteiger partial charge in [0.2, 0.25) is 5.91 Å². The molecular formula is C33H27NO4. The Kier molecular flexibility index (Phi) is 7.37. The van der Waals surface area contributed by atoms with E-state index in [4.69, 9.17) is 9.47 Å². The molecular weight excluding hydrogens is 474 g/mol. The highest BCUT2D eigenvalue weighted by atomic mass is 16.5. The van der Waals surface area contributed by atoms with E-state index in [9.17, 15) is 9.90 Å². The molecule has 0 bridgehead atoms. The fourth-order valence-electron chi connectivity index (χ4n) is 4.14. The molecule has 5 heteroatoms. The van der Waals surface area contributed by atoms with E-state index in [0.717, 1.165) is 33.6 Å². The summed E-state index contributed by atoms with van der Waals surface area (Å²) in [5.74, 6) is 1.64. The van der Waals surface area contributed by atoms with Crippen molar-refractivity contribution in [1.82, 2.24) is 0 Å². The van der Waals surface area contributed by atoms with Crippen LogP contribution in [0.4, 0.5) is 5.69 Å². The third kappa shape index (κ3) is 6.02. The number of methoxy groups -OCH3 is 1. The molecule has 0 heterocycles. The number of aromatic hydroxyl groups is 1. The number of carbonyl (C=O) groups excluding carboxylic acids is 1. The minimum Gasteiger partial charge on any atom is -0.506 e. The topological polar surface area (TPSA) is 67.8 Å². The van der Waals surface area contributed by atoms with Crippen LogP contribution in [0.1, 0.15) is 5.56 Å². The summed E-state index contributed by atoms with van der Waals surface area (Å²) in [5, 5.41) is 13.3. The number of anilines is 1. The van der Waals surface area contributed by atoms with Crippen molar-refractivity contribution in [3.8, 4) is 45.3 Å². The highest BCUT2D eigenvalue weighted by molar-refractivity contribution is 5.93. The third-order valence-corrected chi connectivity index (χ3v) is 6.18. The summed E-state index contributed by atoms with van der Waals surface area (Å²) in [6, 6.07) is 38.3. The van der Waals surface area contributed by atoms with Crippen LogP contribution in [-0.4, -0.2) is 18.1 Å². The van der Waals surface area contributed by atoms with Gasteiger partial charge in [-0.3, -0.25) is 4.79 Å². The largest absolute Gasteiger partial charge is 0.506 e. The van der Waals surface area contributed by atoms with E-state index in [1.807, 2.05) is 91.0 Å². The van der Waals surface area contributed by atoms with Gasteiger partial charge in [0.05, 0.1) is 19.2 Å². The molecule has 0 aliphatic rings. The Morgan fingerprint density at radius 2 is 1.18 bits per heavy atom. The molecule has 0 radical (unpaired) electrons. The molecule has 188 valence electrons. The van der Waals surface area contributed by atoms with E-state index in [1.165, 1.54) is 6.07 Å². The first-order chi connectivity index (χ1) is 18.6. The minimum absolute atomic E-state index is 0.0647. The number of phenolic OH excluding ortho intramolecular Hbond substituents is 1. The van der Waals surface area contributed by atoms with Gasteiger partial charge in [0, 0.05) is 6.07 Å². The molecule has 0 aliphatic carbocycles. The first-order valence-electron chi connectivity index (χ1n) is 12.3. The number of phenols is 1. The van der Waals surface area contributed by atoms with Crippen molar-refractivity contribution in [1.29, 1.82) is 0 Å². The van der Waals surface area contributed by atoms with Gasteiger partial charge in [-0.05, 0) is 64.2 Å². The lowest BCUT2D eigenvalue weighted by molar-refractivity contribution is -0.115. The van der Waals surface area contributed by atoms with Crippen LogP contribution in [0.5, 0.6) is 23.0 Å². The Balaban J connectivity index is 1.18.